The second-order valence-electron chi connectivity index (χ2n) is 3.26. The van der Waals surface area contributed by atoms with Crippen molar-refractivity contribution >= 4 is 28.3 Å². The number of nitrogens with two attached hydrogens (primary N) is 1. The lowest BCUT2D eigenvalue weighted by Crippen LogP contribution is -2.00. The fraction of sp³-hybridized carbons (Fsp3) is 0.0833. The van der Waals surface area contributed by atoms with Crippen molar-refractivity contribution in [2.24, 2.45) is 0 Å². The number of nitrogen functional groups attached to an aromatic ring is 1. The first kappa shape index (κ1) is 9.16. The van der Waals surface area contributed by atoms with Crippen LogP contribution in [-0.2, 0) is 0 Å². The Morgan fingerprint density at radius 2 is 1.86 bits per heavy atom. The minimum Gasteiger partial charge on any atom is -0.399 e. The molecule has 2 heteroatoms. The smallest absolute Gasteiger partial charge is 0.0314 e. The maximum absolute atomic E-state index is 5.62. The van der Waals surface area contributed by atoms with Crippen molar-refractivity contribution in [1.82, 2.24) is 0 Å². The molecule has 0 aromatic heterocycles. The van der Waals surface area contributed by atoms with Gasteiger partial charge in [0.1, 0.15) is 0 Å². The number of hydrogen-bond donors (Lipinski definition) is 1. The molecule has 0 atom stereocenters. The Hall–Kier alpha value is -1.41. The Bertz CT molecular complexity index is 412. The lowest BCUT2D eigenvalue weighted by Gasteiger charge is -2.10. The average molecular weight is 201 g/mol. The molecule has 0 radical (unpaired) electrons. The molecule has 2 N–H and O–H groups in total. The molecule has 70 valence electrons. The Balaban J connectivity index is 2.39. The van der Waals surface area contributed by atoms with Crippen molar-refractivity contribution < 1.29 is 0 Å². The highest BCUT2D eigenvalue weighted by Crippen LogP contribution is 2.22. The Labute approximate surface area is 88.9 Å². The van der Waals surface area contributed by atoms with Crippen LogP contribution in [0.15, 0.2) is 42.5 Å². The lowest BCUT2D eigenvalue weighted by molar-refractivity contribution is 1.49. The Morgan fingerprint density at radius 3 is 2.50 bits per heavy atom. The lowest BCUT2D eigenvalue weighted by atomic mass is 9.97. The van der Waals surface area contributed by atoms with Gasteiger partial charge in [-0.05, 0) is 23.3 Å². The van der Waals surface area contributed by atoms with E-state index in [4.69, 9.17) is 18.0 Å². The summed E-state index contributed by atoms with van der Waals surface area (Å²) in [6, 6.07) is 7.81. The van der Waals surface area contributed by atoms with Gasteiger partial charge in [-0.3, -0.25) is 0 Å². The number of hydrogen-bond acceptors (Lipinski definition) is 2. The van der Waals surface area contributed by atoms with E-state index < -0.39 is 0 Å². The zero-order valence-electron chi connectivity index (χ0n) is 7.73. The Morgan fingerprint density at radius 1 is 1.14 bits per heavy atom. The van der Waals surface area contributed by atoms with Crippen LogP contribution in [0.3, 0.4) is 0 Å². The third kappa shape index (κ3) is 1.75. The molecule has 0 amide bonds. The summed E-state index contributed by atoms with van der Waals surface area (Å²) in [5, 5.41) is 0. The zero-order chi connectivity index (χ0) is 9.97. The second kappa shape index (κ2) is 3.76. The molecule has 1 aromatic carbocycles. The molecular weight excluding hydrogens is 190 g/mol. The standard InChI is InChI=1S/C12H11NS/c13-10-7-5-9(6-8-10)11-3-1-2-4-12(11)14/h1-3,5-8H,4,13H2. The fourth-order valence-corrected chi connectivity index (χ4v) is 1.74. The topological polar surface area (TPSA) is 26.0 Å². The first-order chi connectivity index (χ1) is 6.77. The summed E-state index contributed by atoms with van der Waals surface area (Å²) in [5.41, 5.74) is 8.70. The van der Waals surface area contributed by atoms with Crippen LogP contribution < -0.4 is 5.73 Å². The summed E-state index contributed by atoms with van der Waals surface area (Å²) in [6.45, 7) is 0. The molecule has 0 bridgehead atoms. The van der Waals surface area contributed by atoms with Crippen LogP contribution in [-0.4, -0.2) is 4.86 Å². The normalized spacial score (nSPS) is 15.4. The molecule has 1 aliphatic carbocycles. The van der Waals surface area contributed by atoms with E-state index in [0.717, 1.165) is 28.1 Å². The molecule has 0 fully saturated rings. The summed E-state index contributed by atoms with van der Waals surface area (Å²) < 4.78 is 0. The minimum atomic E-state index is 0.784. The molecule has 1 aliphatic rings. The molecule has 0 spiro atoms. The summed E-state index contributed by atoms with van der Waals surface area (Å²) in [6.07, 6.45) is 7.04. The van der Waals surface area contributed by atoms with Gasteiger partial charge in [-0.1, -0.05) is 42.6 Å². The number of rotatable bonds is 1. The van der Waals surface area contributed by atoms with E-state index in [1.807, 2.05) is 30.3 Å². The van der Waals surface area contributed by atoms with Crippen molar-refractivity contribution in [3.63, 3.8) is 0 Å². The van der Waals surface area contributed by atoms with E-state index in [0.29, 0.717) is 0 Å². The molecular formula is C12H11NS. The van der Waals surface area contributed by atoms with Crippen molar-refractivity contribution in [1.29, 1.82) is 0 Å². The summed E-state index contributed by atoms with van der Waals surface area (Å²) in [4.78, 5) is 0.997. The van der Waals surface area contributed by atoms with Crippen LogP contribution in [0, 0.1) is 0 Å². The molecule has 14 heavy (non-hydrogen) atoms. The van der Waals surface area contributed by atoms with Gasteiger partial charge in [-0.15, -0.1) is 0 Å². The fourth-order valence-electron chi connectivity index (χ4n) is 1.46. The summed E-state index contributed by atoms with van der Waals surface area (Å²) in [5.74, 6) is 0. The molecule has 0 saturated carbocycles. The van der Waals surface area contributed by atoms with Crippen molar-refractivity contribution in [3.8, 4) is 0 Å². The predicted molar refractivity (Wildman–Crippen MR) is 65.2 cm³/mol. The van der Waals surface area contributed by atoms with Gasteiger partial charge in [0.2, 0.25) is 0 Å². The number of allylic oxidation sites excluding steroid dienone is 4. The van der Waals surface area contributed by atoms with Gasteiger partial charge in [0.05, 0.1) is 0 Å². The quantitative estimate of drug-likeness (QED) is 0.558. The number of anilines is 1. The first-order valence-corrected chi connectivity index (χ1v) is 4.94. The van der Waals surface area contributed by atoms with Crippen molar-refractivity contribution in [2.45, 2.75) is 6.42 Å². The minimum absolute atomic E-state index is 0.784. The van der Waals surface area contributed by atoms with E-state index in [1.54, 1.807) is 0 Å². The van der Waals surface area contributed by atoms with Crippen LogP contribution >= 0.6 is 12.2 Å². The molecule has 0 aliphatic heterocycles. The highest BCUT2D eigenvalue weighted by molar-refractivity contribution is 7.81. The molecule has 0 heterocycles. The van der Waals surface area contributed by atoms with Crippen LogP contribution in [0.2, 0.25) is 0 Å². The van der Waals surface area contributed by atoms with Gasteiger partial charge >= 0.3 is 0 Å². The highest BCUT2D eigenvalue weighted by atomic mass is 32.1. The predicted octanol–water partition coefficient (Wildman–Crippen LogP) is 2.98. The largest absolute Gasteiger partial charge is 0.399 e. The molecule has 1 nitrogen and oxygen atoms in total. The van der Waals surface area contributed by atoms with Crippen LogP contribution in [0.1, 0.15) is 12.0 Å². The van der Waals surface area contributed by atoms with Gasteiger partial charge in [-0.2, -0.15) is 0 Å². The van der Waals surface area contributed by atoms with Crippen LogP contribution in [0.4, 0.5) is 5.69 Å². The maximum Gasteiger partial charge on any atom is 0.0314 e. The SMILES string of the molecule is Nc1ccc(C2=CC=CCC2=S)cc1. The Kier molecular flexibility index (Phi) is 2.46. The second-order valence-corrected chi connectivity index (χ2v) is 3.75. The van der Waals surface area contributed by atoms with Gasteiger partial charge in [0, 0.05) is 17.0 Å². The van der Waals surface area contributed by atoms with E-state index in [9.17, 15) is 0 Å². The van der Waals surface area contributed by atoms with E-state index in [2.05, 4.69) is 12.2 Å². The monoisotopic (exact) mass is 201 g/mol. The molecule has 1 aromatic rings. The molecule has 0 unspecified atom stereocenters. The zero-order valence-corrected chi connectivity index (χ0v) is 8.55. The molecule has 2 rings (SSSR count). The van der Waals surface area contributed by atoms with Crippen LogP contribution in [0.25, 0.3) is 5.57 Å². The summed E-state index contributed by atoms with van der Waals surface area (Å²) >= 11 is 5.29. The third-order valence-electron chi connectivity index (χ3n) is 2.22. The maximum atomic E-state index is 5.62. The third-order valence-corrected chi connectivity index (χ3v) is 2.61. The first-order valence-electron chi connectivity index (χ1n) is 4.53. The van der Waals surface area contributed by atoms with Gasteiger partial charge in [0.15, 0.2) is 0 Å². The van der Waals surface area contributed by atoms with Gasteiger partial charge in [-0.25, -0.2) is 0 Å². The van der Waals surface area contributed by atoms with E-state index >= 15 is 0 Å². The number of thiocarbonyl (C=S) groups is 1. The molecule has 0 saturated heterocycles. The number of benzene rings is 1. The van der Waals surface area contributed by atoms with Crippen LogP contribution in [0.5, 0.6) is 0 Å². The van der Waals surface area contributed by atoms with Crippen molar-refractivity contribution in [3.05, 3.63) is 48.1 Å². The van der Waals surface area contributed by atoms with Gasteiger partial charge in [0.25, 0.3) is 0 Å². The van der Waals surface area contributed by atoms with E-state index in [-0.39, 0.29) is 0 Å². The van der Waals surface area contributed by atoms with E-state index in [1.165, 1.54) is 0 Å². The van der Waals surface area contributed by atoms with Gasteiger partial charge < -0.3 is 5.73 Å². The van der Waals surface area contributed by atoms with Crippen molar-refractivity contribution in [2.75, 3.05) is 5.73 Å². The summed E-state index contributed by atoms with van der Waals surface area (Å²) in [7, 11) is 0. The average Bonchev–Trinajstić information content (AvgIpc) is 2.20. The highest BCUT2D eigenvalue weighted by Gasteiger charge is 2.08.